The van der Waals surface area contributed by atoms with E-state index in [1.165, 1.54) is 37.1 Å². The van der Waals surface area contributed by atoms with Gasteiger partial charge in [0.1, 0.15) is 0 Å². The summed E-state index contributed by atoms with van der Waals surface area (Å²) in [7, 11) is 0. The van der Waals surface area contributed by atoms with Crippen molar-refractivity contribution in [3.63, 3.8) is 0 Å². The van der Waals surface area contributed by atoms with Gasteiger partial charge in [0.15, 0.2) is 0 Å². The molecule has 2 aliphatic heterocycles. The Bertz CT molecular complexity index is 813. The molecule has 2 fully saturated rings. The third kappa shape index (κ3) is 3.53. The van der Waals surface area contributed by atoms with Crippen LogP contribution in [-0.2, 0) is 10.2 Å². The van der Waals surface area contributed by atoms with E-state index in [0.717, 1.165) is 45.3 Å². The summed E-state index contributed by atoms with van der Waals surface area (Å²) in [5.41, 5.74) is 2.83. The molecule has 3 aliphatic rings. The number of fused-ring (bicyclic) bond motifs is 1. The van der Waals surface area contributed by atoms with Crippen LogP contribution in [-0.4, -0.2) is 33.5 Å². The van der Waals surface area contributed by atoms with Gasteiger partial charge < -0.3 is 10.1 Å². The van der Waals surface area contributed by atoms with Gasteiger partial charge >= 0.3 is 0 Å². The third-order valence-corrected chi connectivity index (χ3v) is 7.75. The monoisotopic (exact) mass is 394 g/mol. The summed E-state index contributed by atoms with van der Waals surface area (Å²) in [4.78, 5) is 4.84. The second-order valence-corrected chi connectivity index (χ2v) is 9.42. The van der Waals surface area contributed by atoms with Gasteiger partial charge in [0, 0.05) is 30.1 Å². The molecule has 2 aromatic rings. The quantitative estimate of drug-likeness (QED) is 0.771. The predicted octanol–water partition coefficient (Wildman–Crippen LogP) is 4.71. The van der Waals surface area contributed by atoms with Crippen molar-refractivity contribution in [1.82, 2.24) is 20.1 Å². The van der Waals surface area contributed by atoms with E-state index in [-0.39, 0.29) is 11.0 Å². The summed E-state index contributed by atoms with van der Waals surface area (Å²) >= 11 is 0. The second kappa shape index (κ2) is 7.84. The molecule has 2 unspecified atom stereocenters. The minimum atomic E-state index is 0.0923. The molecule has 29 heavy (non-hydrogen) atoms. The molecule has 2 aromatic heterocycles. The fraction of sp³-hybridized carbons (Fsp3) is 0.667. The van der Waals surface area contributed by atoms with Crippen LogP contribution in [0, 0.1) is 0 Å². The van der Waals surface area contributed by atoms with Gasteiger partial charge in [0.2, 0.25) is 0 Å². The number of rotatable bonds is 6. The molecule has 5 nitrogen and oxygen atoms in total. The maximum Gasteiger partial charge on any atom is 0.0691 e. The molecule has 0 amide bonds. The second-order valence-electron chi connectivity index (χ2n) is 9.42. The van der Waals surface area contributed by atoms with Crippen molar-refractivity contribution in [2.24, 2.45) is 0 Å². The van der Waals surface area contributed by atoms with E-state index in [9.17, 15) is 0 Å². The van der Waals surface area contributed by atoms with Crippen LogP contribution in [0.4, 0.5) is 0 Å². The van der Waals surface area contributed by atoms with E-state index >= 15 is 0 Å². The lowest BCUT2D eigenvalue weighted by Crippen LogP contribution is -2.47. The first kappa shape index (κ1) is 19.3. The molecule has 4 heterocycles. The SMILES string of the molecule is CCC1CC(NCC[C@@]2(c3ccccn3)CCOC3(CCCC3)C2)c2ccnn21. The summed E-state index contributed by atoms with van der Waals surface area (Å²) in [5.74, 6) is 0. The summed E-state index contributed by atoms with van der Waals surface area (Å²) < 4.78 is 8.62. The summed E-state index contributed by atoms with van der Waals surface area (Å²) in [6, 6.07) is 9.56. The van der Waals surface area contributed by atoms with Crippen molar-refractivity contribution in [1.29, 1.82) is 0 Å². The minimum absolute atomic E-state index is 0.0923. The Balaban J connectivity index is 1.32. The van der Waals surface area contributed by atoms with Gasteiger partial charge in [-0.15, -0.1) is 0 Å². The van der Waals surface area contributed by atoms with E-state index < -0.39 is 0 Å². The highest BCUT2D eigenvalue weighted by Crippen LogP contribution is 2.49. The number of nitrogens with zero attached hydrogens (tertiary/aromatic N) is 3. The first-order chi connectivity index (χ1) is 14.2. The molecule has 3 atom stereocenters. The van der Waals surface area contributed by atoms with Crippen molar-refractivity contribution in [2.45, 2.75) is 87.8 Å². The average Bonchev–Trinajstić information content (AvgIpc) is 3.47. The molecule has 5 heteroatoms. The van der Waals surface area contributed by atoms with Crippen molar-refractivity contribution in [3.8, 4) is 0 Å². The highest BCUT2D eigenvalue weighted by molar-refractivity contribution is 5.21. The highest BCUT2D eigenvalue weighted by Gasteiger charge is 2.48. The molecule has 156 valence electrons. The fourth-order valence-electron chi connectivity index (χ4n) is 6.21. The number of hydrogen-bond acceptors (Lipinski definition) is 4. The van der Waals surface area contributed by atoms with Crippen LogP contribution in [0.2, 0.25) is 0 Å². The van der Waals surface area contributed by atoms with Crippen molar-refractivity contribution in [3.05, 3.63) is 48.0 Å². The molecular weight excluding hydrogens is 360 g/mol. The third-order valence-electron chi connectivity index (χ3n) is 7.75. The van der Waals surface area contributed by atoms with Gasteiger partial charge in [0.05, 0.1) is 23.4 Å². The van der Waals surface area contributed by atoms with Crippen LogP contribution in [0.3, 0.4) is 0 Å². The maximum absolute atomic E-state index is 6.39. The zero-order valence-corrected chi connectivity index (χ0v) is 17.6. The first-order valence-corrected chi connectivity index (χ1v) is 11.6. The number of hydrogen-bond donors (Lipinski definition) is 1. The predicted molar refractivity (Wildman–Crippen MR) is 114 cm³/mol. The Hall–Kier alpha value is -1.72. The largest absolute Gasteiger partial charge is 0.375 e. The fourth-order valence-corrected chi connectivity index (χ4v) is 6.21. The van der Waals surface area contributed by atoms with Gasteiger partial charge in [-0.3, -0.25) is 9.67 Å². The van der Waals surface area contributed by atoms with Gasteiger partial charge in [-0.2, -0.15) is 5.10 Å². The van der Waals surface area contributed by atoms with Crippen LogP contribution in [0.15, 0.2) is 36.7 Å². The van der Waals surface area contributed by atoms with Crippen LogP contribution in [0.1, 0.15) is 88.2 Å². The zero-order valence-electron chi connectivity index (χ0n) is 17.6. The van der Waals surface area contributed by atoms with Gasteiger partial charge in [-0.1, -0.05) is 25.8 Å². The van der Waals surface area contributed by atoms with Gasteiger partial charge in [0.25, 0.3) is 0 Å². The maximum atomic E-state index is 6.39. The molecule has 1 N–H and O–H groups in total. The Kier molecular flexibility index (Phi) is 5.21. The summed E-state index contributed by atoms with van der Waals surface area (Å²) in [6.45, 7) is 4.14. The molecule has 0 radical (unpaired) electrons. The first-order valence-electron chi connectivity index (χ1n) is 11.6. The molecule has 1 saturated carbocycles. The number of nitrogens with one attached hydrogen (secondary N) is 1. The van der Waals surface area contributed by atoms with E-state index in [0.29, 0.717) is 12.1 Å². The van der Waals surface area contributed by atoms with Crippen molar-refractivity contribution in [2.75, 3.05) is 13.2 Å². The minimum Gasteiger partial charge on any atom is -0.375 e. The molecule has 1 saturated heterocycles. The number of pyridine rings is 1. The lowest BCUT2D eigenvalue weighted by atomic mass is 9.68. The topological polar surface area (TPSA) is 52.0 Å². The smallest absolute Gasteiger partial charge is 0.0691 e. The Morgan fingerprint density at radius 1 is 1.17 bits per heavy atom. The van der Waals surface area contributed by atoms with E-state index in [1.807, 2.05) is 18.5 Å². The normalized spacial score (nSPS) is 30.7. The Labute approximate surface area is 174 Å². The Morgan fingerprint density at radius 2 is 2.07 bits per heavy atom. The van der Waals surface area contributed by atoms with Gasteiger partial charge in [-0.25, -0.2) is 0 Å². The summed E-state index contributed by atoms with van der Waals surface area (Å²) in [5, 5.41) is 8.44. The number of aromatic nitrogens is 3. The van der Waals surface area contributed by atoms with Crippen molar-refractivity contribution >= 4 is 0 Å². The molecule has 1 aliphatic carbocycles. The van der Waals surface area contributed by atoms with Crippen LogP contribution in [0.5, 0.6) is 0 Å². The lowest BCUT2D eigenvalue weighted by molar-refractivity contribution is -0.104. The van der Waals surface area contributed by atoms with E-state index in [2.05, 4.69) is 40.2 Å². The lowest BCUT2D eigenvalue weighted by Gasteiger charge is -2.46. The Morgan fingerprint density at radius 3 is 2.86 bits per heavy atom. The van der Waals surface area contributed by atoms with E-state index in [4.69, 9.17) is 9.72 Å². The van der Waals surface area contributed by atoms with Crippen molar-refractivity contribution < 1.29 is 4.74 Å². The van der Waals surface area contributed by atoms with Crippen LogP contribution in [0.25, 0.3) is 0 Å². The van der Waals surface area contributed by atoms with Crippen LogP contribution < -0.4 is 5.32 Å². The number of ether oxygens (including phenoxy) is 1. The summed E-state index contributed by atoms with van der Waals surface area (Å²) in [6.07, 6.45) is 14.6. The molecule has 0 bridgehead atoms. The molecular formula is C24H34N4O. The molecule has 1 spiro atoms. The highest BCUT2D eigenvalue weighted by atomic mass is 16.5. The molecule has 5 rings (SSSR count). The standard InChI is InChI=1S/C24H34N4O/c1-2-19-17-20(21-8-14-27-28(19)21)25-15-11-23(22-7-3-6-13-26-22)12-16-29-24(18-23)9-4-5-10-24/h3,6-8,13-14,19-20,25H,2,4-5,9-12,15-18H2,1H3/t19?,20?,23-/m1/s1. The van der Waals surface area contributed by atoms with Crippen LogP contribution >= 0.6 is 0 Å². The molecule has 0 aromatic carbocycles. The zero-order chi connectivity index (χ0) is 19.7. The van der Waals surface area contributed by atoms with Gasteiger partial charge in [-0.05, 0) is 69.7 Å². The average molecular weight is 395 g/mol. The van der Waals surface area contributed by atoms with E-state index in [1.54, 1.807) is 0 Å².